The number of urea groups is 1. The van der Waals surface area contributed by atoms with Gasteiger partial charge in [-0.1, -0.05) is 36.8 Å². The second-order valence-corrected chi connectivity index (χ2v) is 5.34. The molecule has 0 bridgehead atoms. The summed E-state index contributed by atoms with van der Waals surface area (Å²) in [5.41, 5.74) is 1.95. The first kappa shape index (κ1) is 16.6. The van der Waals surface area contributed by atoms with Gasteiger partial charge in [0.25, 0.3) is 5.91 Å². The molecule has 2 aromatic rings. The van der Waals surface area contributed by atoms with E-state index in [2.05, 4.69) is 26.0 Å². The van der Waals surface area contributed by atoms with E-state index < -0.39 is 11.9 Å². The predicted octanol–water partition coefficient (Wildman–Crippen LogP) is 1.27. The molecule has 0 aliphatic carbocycles. The molecule has 0 fully saturated rings. The molecule has 3 amide bonds. The summed E-state index contributed by atoms with van der Waals surface area (Å²) >= 11 is 0. The molecule has 0 spiro atoms. The molecule has 0 radical (unpaired) electrons. The van der Waals surface area contributed by atoms with Crippen molar-refractivity contribution in [2.45, 2.75) is 39.8 Å². The van der Waals surface area contributed by atoms with Crippen molar-refractivity contribution in [3.63, 3.8) is 0 Å². The second-order valence-electron chi connectivity index (χ2n) is 5.34. The number of imide groups is 1. The molecule has 0 saturated heterocycles. The Balaban J connectivity index is 1.92. The minimum absolute atomic E-state index is 0.000403. The summed E-state index contributed by atoms with van der Waals surface area (Å²) < 4.78 is 0. The van der Waals surface area contributed by atoms with E-state index >= 15 is 0 Å². The maximum atomic E-state index is 11.8. The molecule has 23 heavy (non-hydrogen) atoms. The van der Waals surface area contributed by atoms with Gasteiger partial charge in [-0.2, -0.15) is 4.80 Å². The number of tetrazole rings is 1. The molecule has 8 nitrogen and oxygen atoms in total. The molecular formula is C15H20N6O2. The summed E-state index contributed by atoms with van der Waals surface area (Å²) in [5.74, 6) is -0.0690. The van der Waals surface area contributed by atoms with E-state index in [9.17, 15) is 9.59 Å². The Morgan fingerprint density at radius 2 is 1.96 bits per heavy atom. The zero-order valence-electron chi connectivity index (χ0n) is 13.4. The smallest absolute Gasteiger partial charge is 0.321 e. The normalized spacial score (nSPS) is 11.8. The molecule has 1 heterocycles. The highest BCUT2D eigenvalue weighted by Gasteiger charge is 2.12. The van der Waals surface area contributed by atoms with Crippen LogP contribution in [0.4, 0.5) is 4.79 Å². The predicted molar refractivity (Wildman–Crippen MR) is 84.4 cm³/mol. The van der Waals surface area contributed by atoms with Gasteiger partial charge in [0.05, 0.1) is 0 Å². The van der Waals surface area contributed by atoms with Crippen molar-refractivity contribution < 1.29 is 9.59 Å². The van der Waals surface area contributed by atoms with Crippen LogP contribution >= 0.6 is 0 Å². The number of nitrogens with zero attached hydrogens (tertiary/aromatic N) is 4. The summed E-state index contributed by atoms with van der Waals surface area (Å²) in [5, 5.41) is 16.7. The third-order valence-electron chi connectivity index (χ3n) is 3.29. The molecule has 2 rings (SSSR count). The number of carbonyl (C=O) groups is 2. The highest BCUT2D eigenvalue weighted by molar-refractivity contribution is 5.94. The van der Waals surface area contributed by atoms with E-state index in [1.54, 1.807) is 0 Å². The average Bonchev–Trinajstić information content (AvgIpc) is 2.95. The Bertz CT molecular complexity index is 680. The quantitative estimate of drug-likeness (QED) is 0.865. The van der Waals surface area contributed by atoms with Gasteiger partial charge < -0.3 is 5.32 Å². The monoisotopic (exact) mass is 316 g/mol. The number of amides is 3. The van der Waals surface area contributed by atoms with Crippen LogP contribution in [-0.4, -0.2) is 38.2 Å². The summed E-state index contributed by atoms with van der Waals surface area (Å²) in [6.45, 7) is 5.62. The molecule has 1 atom stereocenters. The molecule has 1 aromatic carbocycles. The number of hydrogen-bond acceptors (Lipinski definition) is 5. The van der Waals surface area contributed by atoms with E-state index in [4.69, 9.17) is 0 Å². The van der Waals surface area contributed by atoms with Crippen molar-refractivity contribution in [1.29, 1.82) is 0 Å². The van der Waals surface area contributed by atoms with E-state index in [-0.39, 0.29) is 12.6 Å². The minimum atomic E-state index is -0.525. The van der Waals surface area contributed by atoms with Gasteiger partial charge in [0.15, 0.2) is 0 Å². The molecule has 1 aromatic heterocycles. The topological polar surface area (TPSA) is 102 Å². The Morgan fingerprint density at radius 1 is 1.26 bits per heavy atom. The number of nitrogens with one attached hydrogen (secondary N) is 2. The van der Waals surface area contributed by atoms with Crippen molar-refractivity contribution in [3.8, 4) is 11.4 Å². The lowest BCUT2D eigenvalue weighted by molar-refractivity contribution is -0.121. The average molecular weight is 316 g/mol. The summed E-state index contributed by atoms with van der Waals surface area (Å²) in [4.78, 5) is 24.5. The molecule has 0 saturated carbocycles. The number of hydrogen-bond donors (Lipinski definition) is 2. The van der Waals surface area contributed by atoms with Gasteiger partial charge in [0.2, 0.25) is 5.82 Å². The van der Waals surface area contributed by atoms with Gasteiger partial charge in [0, 0.05) is 11.6 Å². The lowest BCUT2D eigenvalue weighted by atomic mass is 10.1. The van der Waals surface area contributed by atoms with Crippen molar-refractivity contribution in [2.24, 2.45) is 0 Å². The highest BCUT2D eigenvalue weighted by Crippen LogP contribution is 2.13. The van der Waals surface area contributed by atoms with E-state index in [1.807, 2.05) is 45.0 Å². The first-order valence-electron chi connectivity index (χ1n) is 7.43. The van der Waals surface area contributed by atoms with Crippen LogP contribution < -0.4 is 10.6 Å². The first-order chi connectivity index (χ1) is 11.0. The van der Waals surface area contributed by atoms with Crippen molar-refractivity contribution in [1.82, 2.24) is 30.8 Å². The fraction of sp³-hybridized carbons (Fsp3) is 0.400. The maximum Gasteiger partial charge on any atom is 0.321 e. The Kier molecular flexibility index (Phi) is 5.40. The summed E-state index contributed by atoms with van der Waals surface area (Å²) in [6, 6.07) is 7.14. The largest absolute Gasteiger partial charge is 0.335 e. The second kappa shape index (κ2) is 7.48. The minimum Gasteiger partial charge on any atom is -0.335 e. The number of aromatic nitrogens is 4. The van der Waals surface area contributed by atoms with Gasteiger partial charge in [-0.15, -0.1) is 10.2 Å². The fourth-order valence-electron chi connectivity index (χ4n) is 1.78. The van der Waals surface area contributed by atoms with Gasteiger partial charge in [-0.3, -0.25) is 10.1 Å². The molecule has 0 aliphatic heterocycles. The van der Waals surface area contributed by atoms with Crippen molar-refractivity contribution in [2.75, 3.05) is 0 Å². The van der Waals surface area contributed by atoms with E-state index in [0.29, 0.717) is 5.82 Å². The van der Waals surface area contributed by atoms with Crippen LogP contribution in [0.1, 0.15) is 25.8 Å². The molecular weight excluding hydrogens is 296 g/mol. The summed E-state index contributed by atoms with van der Waals surface area (Å²) in [6.07, 6.45) is 0.784. The molecule has 0 unspecified atom stereocenters. The first-order valence-corrected chi connectivity index (χ1v) is 7.43. The van der Waals surface area contributed by atoms with Crippen LogP contribution in [0, 0.1) is 6.92 Å². The third-order valence-corrected chi connectivity index (χ3v) is 3.29. The van der Waals surface area contributed by atoms with Crippen molar-refractivity contribution >= 4 is 11.9 Å². The third kappa shape index (κ3) is 4.87. The van der Waals surface area contributed by atoms with Crippen LogP contribution in [0.25, 0.3) is 11.4 Å². The zero-order chi connectivity index (χ0) is 16.8. The van der Waals surface area contributed by atoms with Gasteiger partial charge in [-0.25, -0.2) is 4.79 Å². The Labute approximate surface area is 134 Å². The Morgan fingerprint density at radius 3 is 2.61 bits per heavy atom. The molecule has 122 valence electrons. The number of rotatable bonds is 5. The van der Waals surface area contributed by atoms with Crippen LogP contribution in [0.3, 0.4) is 0 Å². The van der Waals surface area contributed by atoms with Crippen LogP contribution in [-0.2, 0) is 11.3 Å². The maximum absolute atomic E-state index is 11.8. The fourth-order valence-corrected chi connectivity index (χ4v) is 1.78. The molecule has 8 heteroatoms. The standard InChI is InChI=1S/C15H20N6O2/c1-4-11(3)16-15(23)17-13(22)9-21-19-14(18-20-21)12-7-5-10(2)6-8-12/h5-8,11H,4,9H2,1-3H3,(H2,16,17,22,23)/t11-/m0/s1. The zero-order valence-corrected chi connectivity index (χ0v) is 13.4. The Hall–Kier alpha value is -2.77. The highest BCUT2D eigenvalue weighted by atomic mass is 16.2. The number of carbonyl (C=O) groups excluding carboxylic acids is 2. The van der Waals surface area contributed by atoms with Gasteiger partial charge >= 0.3 is 6.03 Å². The lowest BCUT2D eigenvalue weighted by Gasteiger charge is -2.11. The number of benzene rings is 1. The molecule has 0 aliphatic rings. The van der Waals surface area contributed by atoms with Crippen LogP contribution in [0.5, 0.6) is 0 Å². The van der Waals surface area contributed by atoms with Gasteiger partial charge in [0.1, 0.15) is 6.54 Å². The molecule has 2 N–H and O–H groups in total. The lowest BCUT2D eigenvalue weighted by Crippen LogP contribution is -2.44. The van der Waals surface area contributed by atoms with Gasteiger partial charge in [-0.05, 0) is 25.5 Å². The van der Waals surface area contributed by atoms with E-state index in [1.165, 1.54) is 0 Å². The van der Waals surface area contributed by atoms with Crippen LogP contribution in [0.15, 0.2) is 24.3 Å². The van der Waals surface area contributed by atoms with E-state index in [0.717, 1.165) is 22.3 Å². The van der Waals surface area contributed by atoms with Crippen molar-refractivity contribution in [3.05, 3.63) is 29.8 Å². The summed E-state index contributed by atoms with van der Waals surface area (Å²) in [7, 11) is 0. The number of aryl methyl sites for hydroxylation is 1. The van der Waals surface area contributed by atoms with Crippen LogP contribution in [0.2, 0.25) is 0 Å². The SMILES string of the molecule is CC[C@H](C)NC(=O)NC(=O)Cn1nnc(-c2ccc(C)cc2)n1.